The highest BCUT2D eigenvalue weighted by molar-refractivity contribution is 7.91. The van der Waals surface area contributed by atoms with E-state index < -0.39 is 9.84 Å². The van der Waals surface area contributed by atoms with E-state index in [1.54, 1.807) is 6.92 Å². The van der Waals surface area contributed by atoms with Crippen LogP contribution in [0.4, 0.5) is 0 Å². The summed E-state index contributed by atoms with van der Waals surface area (Å²) in [4.78, 5) is 12.0. The summed E-state index contributed by atoms with van der Waals surface area (Å²) in [5, 5.41) is 7.35. The van der Waals surface area contributed by atoms with Gasteiger partial charge < -0.3 is 4.42 Å². The van der Waals surface area contributed by atoms with Crippen LogP contribution < -0.4 is 5.43 Å². The molecule has 6 nitrogen and oxygen atoms in total. The minimum absolute atomic E-state index is 0.0831. The second kappa shape index (κ2) is 6.81. The lowest BCUT2D eigenvalue weighted by atomic mass is 10.1. The summed E-state index contributed by atoms with van der Waals surface area (Å²) in [6, 6.07) is 13.9. The van der Waals surface area contributed by atoms with E-state index in [1.165, 1.54) is 0 Å². The fourth-order valence-electron chi connectivity index (χ4n) is 3.51. The van der Waals surface area contributed by atoms with Crippen molar-refractivity contribution in [2.45, 2.75) is 19.8 Å². The molecular formula is C20H20N2O4S. The molecule has 1 aliphatic rings. The molecule has 1 aromatic heterocycles. The van der Waals surface area contributed by atoms with Gasteiger partial charge in [-0.25, -0.2) is 13.8 Å². The Morgan fingerprint density at radius 3 is 2.81 bits per heavy atom. The first-order valence-electron chi connectivity index (χ1n) is 8.86. The van der Waals surface area contributed by atoms with Gasteiger partial charge in [-0.1, -0.05) is 30.3 Å². The molecule has 1 fully saturated rings. The van der Waals surface area contributed by atoms with Crippen molar-refractivity contribution in [2.75, 3.05) is 11.5 Å². The summed E-state index contributed by atoms with van der Waals surface area (Å²) in [6.45, 7) is 1.76. The number of furan rings is 1. The van der Waals surface area contributed by atoms with Crippen molar-refractivity contribution in [1.29, 1.82) is 0 Å². The normalized spacial score (nSPS) is 19.6. The van der Waals surface area contributed by atoms with Crippen LogP contribution in [0.3, 0.4) is 0 Å². The van der Waals surface area contributed by atoms with Crippen LogP contribution in [0.2, 0.25) is 0 Å². The van der Waals surface area contributed by atoms with Gasteiger partial charge >= 0.3 is 0 Å². The predicted molar refractivity (Wildman–Crippen MR) is 105 cm³/mol. The highest BCUT2D eigenvalue weighted by atomic mass is 32.2. The van der Waals surface area contributed by atoms with Crippen LogP contribution in [0.15, 0.2) is 52.0 Å². The van der Waals surface area contributed by atoms with Crippen molar-refractivity contribution >= 4 is 43.2 Å². The Kier molecular flexibility index (Phi) is 4.47. The maximum Gasteiger partial charge on any atom is 0.240 e. The monoisotopic (exact) mass is 384 g/mol. The van der Waals surface area contributed by atoms with E-state index in [1.807, 2.05) is 42.5 Å². The summed E-state index contributed by atoms with van der Waals surface area (Å²) < 4.78 is 28.8. The van der Waals surface area contributed by atoms with E-state index in [-0.39, 0.29) is 29.8 Å². The van der Waals surface area contributed by atoms with Gasteiger partial charge in [-0.15, -0.1) is 0 Å². The lowest BCUT2D eigenvalue weighted by molar-refractivity contribution is -0.121. The topological polar surface area (TPSA) is 88.7 Å². The SMILES string of the molecule is C/C(=N/NC(=O)C[C@H]1CCS(=O)(=O)C1)c1cc2c(ccc3ccccc32)o1. The fraction of sp³-hybridized carbons (Fsp3) is 0.300. The van der Waals surface area contributed by atoms with Gasteiger partial charge in [-0.05, 0) is 42.2 Å². The third-order valence-corrected chi connectivity index (χ3v) is 6.77. The molecule has 2 aromatic carbocycles. The zero-order valence-corrected chi connectivity index (χ0v) is 15.8. The van der Waals surface area contributed by atoms with Crippen LogP contribution in [-0.2, 0) is 14.6 Å². The van der Waals surface area contributed by atoms with Gasteiger partial charge in [0.25, 0.3) is 0 Å². The molecule has 4 rings (SSSR count). The number of hydrogen-bond donors (Lipinski definition) is 1. The molecule has 0 bridgehead atoms. The number of hydrazone groups is 1. The molecule has 140 valence electrons. The van der Waals surface area contributed by atoms with Crippen molar-refractivity contribution in [1.82, 2.24) is 5.43 Å². The number of rotatable bonds is 4. The molecule has 1 saturated heterocycles. The maximum atomic E-state index is 12.0. The van der Waals surface area contributed by atoms with Gasteiger partial charge in [0.1, 0.15) is 11.3 Å². The number of nitrogens with zero attached hydrogens (tertiary/aromatic N) is 1. The zero-order chi connectivity index (χ0) is 19.0. The molecule has 1 atom stereocenters. The quantitative estimate of drug-likeness (QED) is 0.552. The number of hydrogen-bond acceptors (Lipinski definition) is 5. The number of carbonyl (C=O) groups excluding carboxylic acids is 1. The highest BCUT2D eigenvalue weighted by Gasteiger charge is 2.29. The van der Waals surface area contributed by atoms with Crippen LogP contribution in [0.5, 0.6) is 0 Å². The van der Waals surface area contributed by atoms with Crippen molar-refractivity contribution in [3.8, 4) is 0 Å². The summed E-state index contributed by atoms with van der Waals surface area (Å²) in [7, 11) is -2.98. The molecule has 1 N–H and O–H groups in total. The van der Waals surface area contributed by atoms with Crippen LogP contribution in [0.1, 0.15) is 25.5 Å². The zero-order valence-electron chi connectivity index (χ0n) is 14.9. The predicted octanol–water partition coefficient (Wildman–Crippen LogP) is 3.25. The second-order valence-electron chi connectivity index (χ2n) is 7.01. The molecule has 3 aromatic rings. The summed E-state index contributed by atoms with van der Waals surface area (Å²) in [6.07, 6.45) is 0.704. The van der Waals surface area contributed by atoms with Crippen LogP contribution in [0, 0.1) is 5.92 Å². The molecule has 0 aliphatic carbocycles. The molecule has 0 radical (unpaired) electrons. The summed E-state index contributed by atoms with van der Waals surface area (Å²) in [5.41, 5.74) is 3.83. The molecule has 2 heterocycles. The van der Waals surface area contributed by atoms with E-state index in [0.29, 0.717) is 17.9 Å². The molecule has 0 unspecified atom stereocenters. The average molecular weight is 384 g/mol. The van der Waals surface area contributed by atoms with E-state index in [0.717, 1.165) is 21.7 Å². The van der Waals surface area contributed by atoms with Crippen molar-refractivity contribution in [3.63, 3.8) is 0 Å². The Morgan fingerprint density at radius 1 is 1.22 bits per heavy atom. The first-order chi connectivity index (χ1) is 12.9. The van der Waals surface area contributed by atoms with Crippen LogP contribution >= 0.6 is 0 Å². The Hall–Kier alpha value is -2.67. The molecule has 7 heteroatoms. The van der Waals surface area contributed by atoms with Gasteiger partial charge in [0.05, 0.1) is 11.5 Å². The van der Waals surface area contributed by atoms with E-state index >= 15 is 0 Å². The molecular weight excluding hydrogens is 364 g/mol. The second-order valence-corrected chi connectivity index (χ2v) is 9.24. The Morgan fingerprint density at radius 2 is 2.04 bits per heavy atom. The number of carbonyl (C=O) groups is 1. The van der Waals surface area contributed by atoms with Crippen molar-refractivity contribution < 1.29 is 17.6 Å². The number of amides is 1. The lowest BCUT2D eigenvalue weighted by Gasteiger charge is -2.05. The highest BCUT2D eigenvalue weighted by Crippen LogP contribution is 2.28. The Balaban J connectivity index is 1.49. The smallest absolute Gasteiger partial charge is 0.240 e. The van der Waals surface area contributed by atoms with Gasteiger partial charge in [0.2, 0.25) is 5.91 Å². The molecule has 27 heavy (non-hydrogen) atoms. The fourth-order valence-corrected chi connectivity index (χ4v) is 5.37. The third kappa shape index (κ3) is 3.73. The summed E-state index contributed by atoms with van der Waals surface area (Å²) >= 11 is 0. The van der Waals surface area contributed by atoms with Crippen molar-refractivity contribution in [2.24, 2.45) is 11.0 Å². The average Bonchev–Trinajstić information content (AvgIpc) is 3.22. The van der Waals surface area contributed by atoms with Crippen LogP contribution in [0.25, 0.3) is 21.7 Å². The standard InChI is InChI=1S/C20H20N2O4S/c1-13(21-22-20(23)10-14-8-9-27(24,25)12-14)19-11-17-16-5-3-2-4-15(16)6-7-18(17)26-19/h2-7,11,14H,8-10,12H2,1H3,(H,22,23)/b21-13-/t14-/m1/s1. The summed E-state index contributed by atoms with van der Waals surface area (Å²) in [5.74, 6) is 0.436. The van der Waals surface area contributed by atoms with E-state index in [2.05, 4.69) is 10.5 Å². The van der Waals surface area contributed by atoms with Gasteiger partial charge in [-0.2, -0.15) is 5.10 Å². The minimum Gasteiger partial charge on any atom is -0.455 e. The maximum absolute atomic E-state index is 12.0. The van der Waals surface area contributed by atoms with Gasteiger partial charge in [-0.3, -0.25) is 4.79 Å². The minimum atomic E-state index is -2.98. The van der Waals surface area contributed by atoms with Crippen LogP contribution in [-0.4, -0.2) is 31.5 Å². The number of benzene rings is 2. The largest absolute Gasteiger partial charge is 0.455 e. The first kappa shape index (κ1) is 17.7. The van der Waals surface area contributed by atoms with Gasteiger partial charge in [0.15, 0.2) is 15.6 Å². The molecule has 1 amide bonds. The first-order valence-corrected chi connectivity index (χ1v) is 10.7. The Labute approximate surface area is 157 Å². The number of fused-ring (bicyclic) bond motifs is 3. The van der Waals surface area contributed by atoms with E-state index in [4.69, 9.17) is 4.42 Å². The Bertz CT molecular complexity index is 1160. The molecule has 1 aliphatic heterocycles. The van der Waals surface area contributed by atoms with E-state index in [9.17, 15) is 13.2 Å². The lowest BCUT2D eigenvalue weighted by Crippen LogP contribution is -2.22. The molecule has 0 saturated carbocycles. The molecule has 0 spiro atoms. The third-order valence-electron chi connectivity index (χ3n) is 4.93. The van der Waals surface area contributed by atoms with Gasteiger partial charge in [0, 0.05) is 11.8 Å². The van der Waals surface area contributed by atoms with Crippen molar-refractivity contribution in [3.05, 3.63) is 48.2 Å². The number of sulfone groups is 1. The number of nitrogens with one attached hydrogen (secondary N) is 1.